The number of nitrogens with zero attached hydrogens (tertiary/aromatic N) is 1. The van der Waals surface area contributed by atoms with E-state index in [1.807, 2.05) is 18.2 Å². The summed E-state index contributed by atoms with van der Waals surface area (Å²) < 4.78 is 0. The fourth-order valence-corrected chi connectivity index (χ4v) is 1.93. The monoisotopic (exact) mass is 258 g/mol. The molecule has 3 heteroatoms. The first-order valence-corrected chi connectivity index (χ1v) is 6.63. The predicted molar refractivity (Wildman–Crippen MR) is 78.4 cm³/mol. The van der Waals surface area contributed by atoms with Crippen LogP contribution in [0.3, 0.4) is 0 Å². The molecule has 0 aromatic heterocycles. The quantitative estimate of drug-likeness (QED) is 0.599. The molecule has 1 amide bonds. The Balaban J connectivity index is 2.22. The SMILES string of the molecule is C#CCC(N)C(=O)N(C)CCCCc1ccccc1. The Morgan fingerprint density at radius 1 is 1.37 bits per heavy atom. The Labute approximate surface area is 115 Å². The summed E-state index contributed by atoms with van der Waals surface area (Å²) in [7, 11) is 1.78. The number of nitrogens with two attached hydrogens (primary N) is 1. The minimum absolute atomic E-state index is 0.0716. The van der Waals surface area contributed by atoms with Gasteiger partial charge in [-0.1, -0.05) is 30.3 Å². The van der Waals surface area contributed by atoms with Gasteiger partial charge >= 0.3 is 0 Å². The molecule has 0 radical (unpaired) electrons. The van der Waals surface area contributed by atoms with Crippen molar-refractivity contribution < 1.29 is 4.79 Å². The molecule has 2 N–H and O–H groups in total. The van der Waals surface area contributed by atoms with E-state index in [2.05, 4.69) is 18.1 Å². The van der Waals surface area contributed by atoms with Gasteiger partial charge in [-0.2, -0.15) is 0 Å². The molecule has 1 aromatic carbocycles. The second-order valence-corrected chi connectivity index (χ2v) is 4.72. The summed E-state index contributed by atoms with van der Waals surface area (Å²) in [5.74, 6) is 2.35. The normalized spacial score (nSPS) is 11.6. The maximum atomic E-state index is 11.8. The molecule has 19 heavy (non-hydrogen) atoms. The van der Waals surface area contributed by atoms with Crippen molar-refractivity contribution in [2.45, 2.75) is 31.7 Å². The van der Waals surface area contributed by atoms with E-state index in [1.54, 1.807) is 11.9 Å². The average molecular weight is 258 g/mol. The molecule has 1 rings (SSSR count). The van der Waals surface area contributed by atoms with Gasteiger partial charge in [-0.05, 0) is 24.8 Å². The van der Waals surface area contributed by atoms with Crippen molar-refractivity contribution in [2.24, 2.45) is 5.73 Å². The molecular weight excluding hydrogens is 236 g/mol. The lowest BCUT2D eigenvalue weighted by molar-refractivity contribution is -0.131. The number of amides is 1. The van der Waals surface area contributed by atoms with Crippen LogP contribution in [0.15, 0.2) is 30.3 Å². The van der Waals surface area contributed by atoms with E-state index < -0.39 is 6.04 Å². The van der Waals surface area contributed by atoms with Crippen LogP contribution in [0.25, 0.3) is 0 Å². The molecule has 0 spiro atoms. The third kappa shape index (κ3) is 5.58. The molecule has 1 aromatic rings. The fraction of sp³-hybridized carbons (Fsp3) is 0.438. The largest absolute Gasteiger partial charge is 0.344 e. The van der Waals surface area contributed by atoms with Gasteiger partial charge in [0.25, 0.3) is 0 Å². The topological polar surface area (TPSA) is 46.3 Å². The zero-order valence-corrected chi connectivity index (χ0v) is 11.5. The Bertz CT molecular complexity index is 422. The molecule has 0 heterocycles. The second kappa shape index (κ2) is 8.34. The van der Waals surface area contributed by atoms with Crippen molar-refractivity contribution in [3.05, 3.63) is 35.9 Å². The average Bonchev–Trinajstić information content (AvgIpc) is 2.44. The van der Waals surface area contributed by atoms with Crippen LogP contribution in [0.1, 0.15) is 24.8 Å². The number of rotatable bonds is 7. The molecule has 0 aliphatic heterocycles. The van der Waals surface area contributed by atoms with Crippen LogP contribution in [0.2, 0.25) is 0 Å². The summed E-state index contributed by atoms with van der Waals surface area (Å²) in [6.45, 7) is 0.726. The number of likely N-dealkylation sites (N-methyl/N-ethyl adjacent to an activating group) is 1. The first-order valence-electron chi connectivity index (χ1n) is 6.63. The predicted octanol–water partition coefficient (Wildman–Crippen LogP) is 1.82. The molecule has 3 nitrogen and oxygen atoms in total. The van der Waals surface area contributed by atoms with Crippen LogP contribution in [0.4, 0.5) is 0 Å². The number of carbonyl (C=O) groups excluding carboxylic acids is 1. The third-order valence-corrected chi connectivity index (χ3v) is 3.08. The summed E-state index contributed by atoms with van der Waals surface area (Å²) in [6.07, 6.45) is 8.53. The summed E-state index contributed by atoms with van der Waals surface area (Å²) in [5, 5.41) is 0. The maximum Gasteiger partial charge on any atom is 0.240 e. The number of carbonyl (C=O) groups is 1. The number of unbranched alkanes of at least 4 members (excludes halogenated alkanes) is 1. The van der Waals surface area contributed by atoms with Crippen molar-refractivity contribution in [3.8, 4) is 12.3 Å². The highest BCUT2D eigenvalue weighted by Crippen LogP contribution is 2.05. The number of terminal acetylenes is 1. The van der Waals surface area contributed by atoms with Gasteiger partial charge in [0.05, 0.1) is 6.04 Å². The van der Waals surface area contributed by atoms with Gasteiger partial charge in [-0.15, -0.1) is 12.3 Å². The van der Waals surface area contributed by atoms with E-state index in [0.29, 0.717) is 6.42 Å². The van der Waals surface area contributed by atoms with Crippen LogP contribution in [-0.2, 0) is 11.2 Å². The van der Waals surface area contributed by atoms with Gasteiger partial charge in [0.1, 0.15) is 0 Å². The number of hydrogen-bond acceptors (Lipinski definition) is 2. The highest BCUT2D eigenvalue weighted by molar-refractivity contribution is 5.81. The minimum atomic E-state index is -0.566. The lowest BCUT2D eigenvalue weighted by atomic mass is 10.1. The van der Waals surface area contributed by atoms with E-state index in [4.69, 9.17) is 12.2 Å². The van der Waals surface area contributed by atoms with Gasteiger partial charge in [0.15, 0.2) is 0 Å². The molecule has 1 unspecified atom stereocenters. The van der Waals surface area contributed by atoms with Gasteiger partial charge in [-0.3, -0.25) is 4.79 Å². The molecule has 0 saturated carbocycles. The van der Waals surface area contributed by atoms with Crippen molar-refractivity contribution in [3.63, 3.8) is 0 Å². The molecule has 0 aliphatic carbocycles. The molecular formula is C16H22N2O. The van der Waals surface area contributed by atoms with E-state index in [0.717, 1.165) is 25.8 Å². The Morgan fingerprint density at radius 2 is 2.05 bits per heavy atom. The van der Waals surface area contributed by atoms with E-state index in [9.17, 15) is 4.79 Å². The zero-order valence-electron chi connectivity index (χ0n) is 11.5. The standard InChI is InChI=1S/C16H22N2O/c1-3-9-15(17)16(19)18(2)13-8-7-12-14-10-5-4-6-11-14/h1,4-6,10-11,15H,7-9,12-13,17H2,2H3. The van der Waals surface area contributed by atoms with Crippen LogP contribution in [-0.4, -0.2) is 30.4 Å². The van der Waals surface area contributed by atoms with Crippen molar-refractivity contribution >= 4 is 5.91 Å². The van der Waals surface area contributed by atoms with Gasteiger partial charge in [0, 0.05) is 20.0 Å². The number of aryl methyl sites for hydroxylation is 1. The van der Waals surface area contributed by atoms with E-state index >= 15 is 0 Å². The Morgan fingerprint density at radius 3 is 2.68 bits per heavy atom. The van der Waals surface area contributed by atoms with E-state index in [-0.39, 0.29) is 5.91 Å². The smallest absolute Gasteiger partial charge is 0.240 e. The van der Waals surface area contributed by atoms with Gasteiger partial charge < -0.3 is 10.6 Å². The second-order valence-electron chi connectivity index (χ2n) is 4.72. The van der Waals surface area contributed by atoms with Gasteiger partial charge in [-0.25, -0.2) is 0 Å². The summed E-state index contributed by atoms with van der Waals surface area (Å²) >= 11 is 0. The van der Waals surface area contributed by atoms with Crippen molar-refractivity contribution in [1.29, 1.82) is 0 Å². The Hall–Kier alpha value is -1.79. The number of hydrogen-bond donors (Lipinski definition) is 1. The van der Waals surface area contributed by atoms with Crippen molar-refractivity contribution in [1.82, 2.24) is 4.90 Å². The maximum absolute atomic E-state index is 11.8. The van der Waals surface area contributed by atoms with Gasteiger partial charge in [0.2, 0.25) is 5.91 Å². The highest BCUT2D eigenvalue weighted by atomic mass is 16.2. The third-order valence-electron chi connectivity index (χ3n) is 3.08. The molecule has 1 atom stereocenters. The molecule has 102 valence electrons. The van der Waals surface area contributed by atoms with Crippen LogP contribution in [0, 0.1) is 12.3 Å². The summed E-state index contributed by atoms with van der Waals surface area (Å²) in [4.78, 5) is 13.5. The van der Waals surface area contributed by atoms with Crippen LogP contribution in [0.5, 0.6) is 0 Å². The molecule has 0 saturated heterocycles. The molecule has 0 aliphatic rings. The minimum Gasteiger partial charge on any atom is -0.344 e. The lowest BCUT2D eigenvalue weighted by Crippen LogP contribution is -2.41. The number of benzene rings is 1. The lowest BCUT2D eigenvalue weighted by Gasteiger charge is -2.20. The fourth-order valence-electron chi connectivity index (χ4n) is 1.93. The molecule has 0 fully saturated rings. The van der Waals surface area contributed by atoms with Crippen LogP contribution < -0.4 is 5.73 Å². The molecule has 0 bridgehead atoms. The summed E-state index contributed by atoms with van der Waals surface area (Å²) in [5.41, 5.74) is 7.02. The Kier molecular flexibility index (Phi) is 6.70. The van der Waals surface area contributed by atoms with Crippen LogP contribution >= 0.6 is 0 Å². The zero-order chi connectivity index (χ0) is 14.1. The van der Waals surface area contributed by atoms with Crippen molar-refractivity contribution in [2.75, 3.05) is 13.6 Å². The van der Waals surface area contributed by atoms with E-state index in [1.165, 1.54) is 5.56 Å². The first-order chi connectivity index (χ1) is 9.15. The summed E-state index contributed by atoms with van der Waals surface area (Å²) in [6, 6.07) is 9.79. The highest BCUT2D eigenvalue weighted by Gasteiger charge is 2.16. The first kappa shape index (κ1) is 15.3.